The summed E-state index contributed by atoms with van der Waals surface area (Å²) in [6, 6.07) is 0. The average molecular weight is 239 g/mol. The second-order valence-electron chi connectivity index (χ2n) is 5.66. The van der Waals surface area contributed by atoms with Crippen molar-refractivity contribution in [1.29, 1.82) is 0 Å². The quantitative estimate of drug-likeness (QED) is 0.759. The maximum absolute atomic E-state index is 11.9. The SMILES string of the molecule is CCOC1CC2(CC(=O)NC(=O)C2C(C)C)C1. The number of hydrogen-bond acceptors (Lipinski definition) is 3. The smallest absolute Gasteiger partial charge is 0.230 e. The molecule has 1 heterocycles. The van der Waals surface area contributed by atoms with Gasteiger partial charge in [-0.2, -0.15) is 0 Å². The number of nitrogens with one attached hydrogen (secondary N) is 1. The van der Waals surface area contributed by atoms with Crippen LogP contribution in [0.15, 0.2) is 0 Å². The highest BCUT2D eigenvalue weighted by Crippen LogP contribution is 2.54. The molecule has 0 aromatic carbocycles. The third-order valence-electron chi connectivity index (χ3n) is 4.05. The van der Waals surface area contributed by atoms with Crippen LogP contribution in [0, 0.1) is 17.3 Å². The van der Waals surface area contributed by atoms with Crippen LogP contribution in [0.5, 0.6) is 0 Å². The van der Waals surface area contributed by atoms with Crippen LogP contribution in [0.2, 0.25) is 0 Å². The summed E-state index contributed by atoms with van der Waals surface area (Å²) in [5.41, 5.74) is -0.132. The number of ether oxygens (including phenoxy) is 1. The molecule has 1 spiro atoms. The van der Waals surface area contributed by atoms with Crippen molar-refractivity contribution < 1.29 is 14.3 Å². The number of piperidine rings is 1. The summed E-state index contributed by atoms with van der Waals surface area (Å²) in [5, 5.41) is 2.46. The molecule has 17 heavy (non-hydrogen) atoms. The van der Waals surface area contributed by atoms with Crippen LogP contribution >= 0.6 is 0 Å². The number of rotatable bonds is 3. The van der Waals surface area contributed by atoms with Crippen molar-refractivity contribution in [3.63, 3.8) is 0 Å². The molecule has 2 amide bonds. The van der Waals surface area contributed by atoms with Gasteiger partial charge < -0.3 is 4.74 Å². The van der Waals surface area contributed by atoms with Crippen molar-refractivity contribution in [3.8, 4) is 0 Å². The van der Waals surface area contributed by atoms with Gasteiger partial charge in [0.05, 0.1) is 6.10 Å². The Morgan fingerprint density at radius 1 is 1.41 bits per heavy atom. The van der Waals surface area contributed by atoms with E-state index < -0.39 is 0 Å². The normalized spacial score (nSPS) is 37.2. The zero-order chi connectivity index (χ0) is 12.6. The second-order valence-corrected chi connectivity index (χ2v) is 5.66. The first-order valence-electron chi connectivity index (χ1n) is 6.44. The van der Waals surface area contributed by atoms with Crippen molar-refractivity contribution in [2.45, 2.75) is 46.1 Å². The minimum Gasteiger partial charge on any atom is -0.378 e. The van der Waals surface area contributed by atoms with Crippen LogP contribution in [-0.4, -0.2) is 24.5 Å². The number of carbonyl (C=O) groups excluding carboxylic acids is 2. The van der Waals surface area contributed by atoms with Crippen LogP contribution in [0.1, 0.15) is 40.0 Å². The Balaban J connectivity index is 2.13. The standard InChI is InChI=1S/C13H21NO3/c1-4-17-9-5-13(6-9)7-10(15)14-12(16)11(13)8(2)3/h8-9,11H,4-7H2,1-3H3,(H,14,15,16). The van der Waals surface area contributed by atoms with Gasteiger partial charge in [0, 0.05) is 18.9 Å². The molecule has 1 aliphatic heterocycles. The summed E-state index contributed by atoms with van der Waals surface area (Å²) < 4.78 is 5.56. The van der Waals surface area contributed by atoms with Crippen molar-refractivity contribution in [3.05, 3.63) is 0 Å². The molecule has 0 bridgehead atoms. The molecule has 1 N–H and O–H groups in total. The van der Waals surface area contributed by atoms with Gasteiger partial charge in [0.15, 0.2) is 0 Å². The predicted octanol–water partition coefficient (Wildman–Crippen LogP) is 1.49. The first kappa shape index (κ1) is 12.6. The summed E-state index contributed by atoms with van der Waals surface area (Å²) in [6.07, 6.45) is 2.41. The van der Waals surface area contributed by atoms with E-state index >= 15 is 0 Å². The molecule has 1 aliphatic carbocycles. The van der Waals surface area contributed by atoms with Crippen LogP contribution in [-0.2, 0) is 14.3 Å². The third-order valence-corrected chi connectivity index (χ3v) is 4.05. The van der Waals surface area contributed by atoms with Gasteiger partial charge in [-0.3, -0.25) is 14.9 Å². The summed E-state index contributed by atoms with van der Waals surface area (Å²) in [5.74, 6) is 0.00984. The molecule has 1 saturated heterocycles. The van der Waals surface area contributed by atoms with Gasteiger partial charge >= 0.3 is 0 Å². The Bertz CT molecular complexity index is 332. The van der Waals surface area contributed by atoms with E-state index in [0.717, 1.165) is 12.8 Å². The molecule has 0 radical (unpaired) electrons. The molecular weight excluding hydrogens is 218 g/mol. The van der Waals surface area contributed by atoms with Crippen molar-refractivity contribution in [2.24, 2.45) is 17.3 Å². The molecule has 4 nitrogen and oxygen atoms in total. The van der Waals surface area contributed by atoms with Crippen molar-refractivity contribution >= 4 is 11.8 Å². The minimum absolute atomic E-state index is 0.0445. The van der Waals surface area contributed by atoms with Crippen molar-refractivity contribution in [2.75, 3.05) is 6.61 Å². The summed E-state index contributed by atoms with van der Waals surface area (Å²) in [6.45, 7) is 6.78. The lowest BCUT2D eigenvalue weighted by Gasteiger charge is -2.54. The molecule has 2 fully saturated rings. The third kappa shape index (κ3) is 2.10. The maximum Gasteiger partial charge on any atom is 0.230 e. The largest absolute Gasteiger partial charge is 0.378 e. The summed E-state index contributed by atoms with van der Waals surface area (Å²) >= 11 is 0. The van der Waals surface area contributed by atoms with Crippen molar-refractivity contribution in [1.82, 2.24) is 5.32 Å². The molecule has 0 aromatic rings. The highest BCUT2D eigenvalue weighted by atomic mass is 16.5. The number of imide groups is 1. The molecule has 2 aliphatic rings. The fourth-order valence-electron chi connectivity index (χ4n) is 3.58. The van der Waals surface area contributed by atoms with E-state index in [9.17, 15) is 9.59 Å². The average Bonchev–Trinajstić information content (AvgIpc) is 2.13. The summed E-state index contributed by atoms with van der Waals surface area (Å²) in [7, 11) is 0. The monoisotopic (exact) mass is 239 g/mol. The van der Waals surface area contributed by atoms with E-state index in [0.29, 0.717) is 13.0 Å². The van der Waals surface area contributed by atoms with Gasteiger partial charge in [-0.05, 0) is 31.1 Å². The lowest BCUT2D eigenvalue weighted by molar-refractivity contribution is -0.165. The van der Waals surface area contributed by atoms with Gasteiger partial charge in [0.25, 0.3) is 0 Å². The Hall–Kier alpha value is -0.900. The van der Waals surface area contributed by atoms with Crippen LogP contribution in [0.4, 0.5) is 0 Å². The predicted molar refractivity (Wildman–Crippen MR) is 63.2 cm³/mol. The van der Waals surface area contributed by atoms with E-state index in [1.54, 1.807) is 0 Å². The Morgan fingerprint density at radius 2 is 2.06 bits per heavy atom. The van der Waals surface area contributed by atoms with E-state index in [1.807, 2.05) is 6.92 Å². The molecule has 96 valence electrons. The van der Waals surface area contributed by atoms with Gasteiger partial charge in [-0.25, -0.2) is 0 Å². The highest BCUT2D eigenvalue weighted by Gasteiger charge is 2.56. The summed E-state index contributed by atoms with van der Waals surface area (Å²) in [4.78, 5) is 23.5. The van der Waals surface area contributed by atoms with Gasteiger partial charge in [-0.15, -0.1) is 0 Å². The zero-order valence-electron chi connectivity index (χ0n) is 10.8. The van der Waals surface area contributed by atoms with E-state index in [1.165, 1.54) is 0 Å². The topological polar surface area (TPSA) is 55.4 Å². The number of carbonyl (C=O) groups is 2. The van der Waals surface area contributed by atoms with E-state index in [-0.39, 0.29) is 35.2 Å². The lowest BCUT2D eigenvalue weighted by Crippen LogP contribution is -2.60. The first-order valence-corrected chi connectivity index (χ1v) is 6.44. The Morgan fingerprint density at radius 3 is 2.59 bits per heavy atom. The van der Waals surface area contributed by atoms with E-state index in [2.05, 4.69) is 19.2 Å². The van der Waals surface area contributed by atoms with Crippen LogP contribution in [0.3, 0.4) is 0 Å². The van der Waals surface area contributed by atoms with Gasteiger partial charge in [0.1, 0.15) is 0 Å². The van der Waals surface area contributed by atoms with Gasteiger partial charge in [-0.1, -0.05) is 13.8 Å². The molecular formula is C13H21NO3. The molecule has 2 rings (SSSR count). The van der Waals surface area contributed by atoms with Gasteiger partial charge in [0.2, 0.25) is 11.8 Å². The molecule has 1 unspecified atom stereocenters. The zero-order valence-corrected chi connectivity index (χ0v) is 10.8. The minimum atomic E-state index is -0.132. The van der Waals surface area contributed by atoms with Crippen LogP contribution < -0.4 is 5.32 Å². The maximum atomic E-state index is 11.9. The molecule has 0 aromatic heterocycles. The van der Waals surface area contributed by atoms with Crippen LogP contribution in [0.25, 0.3) is 0 Å². The molecule has 1 saturated carbocycles. The first-order chi connectivity index (χ1) is 7.98. The number of amides is 2. The number of hydrogen-bond donors (Lipinski definition) is 1. The fourth-order valence-corrected chi connectivity index (χ4v) is 3.58. The molecule has 1 atom stereocenters. The molecule has 4 heteroatoms. The highest BCUT2D eigenvalue weighted by molar-refractivity contribution is 6.00. The Kier molecular flexibility index (Phi) is 3.25. The Labute approximate surface area is 102 Å². The second kappa shape index (κ2) is 4.41. The lowest BCUT2D eigenvalue weighted by atomic mass is 9.53. The van der Waals surface area contributed by atoms with E-state index in [4.69, 9.17) is 4.74 Å². The fraction of sp³-hybridized carbons (Fsp3) is 0.846.